The van der Waals surface area contributed by atoms with E-state index in [-0.39, 0.29) is 12.5 Å². The molecule has 0 aromatic heterocycles. The SMILES string of the molecule is CCOc1cccc(N(CC(=O)NCCC(C)C)S(C)(=O)=O)c1. The molecule has 0 aliphatic rings. The molecule has 1 aromatic carbocycles. The molecule has 0 saturated heterocycles. The van der Waals surface area contributed by atoms with Gasteiger partial charge in [-0.25, -0.2) is 8.42 Å². The maximum atomic E-state index is 12.0. The third-order valence-corrected chi connectivity index (χ3v) is 4.29. The number of carbonyl (C=O) groups excluding carboxylic acids is 1. The van der Waals surface area contributed by atoms with Crippen LogP contribution in [-0.2, 0) is 14.8 Å². The van der Waals surface area contributed by atoms with Crippen molar-refractivity contribution in [3.8, 4) is 5.75 Å². The summed E-state index contributed by atoms with van der Waals surface area (Å²) in [5.41, 5.74) is 0.414. The fraction of sp³-hybridized carbons (Fsp3) is 0.562. The van der Waals surface area contributed by atoms with Crippen LogP contribution in [0.4, 0.5) is 5.69 Å². The van der Waals surface area contributed by atoms with Crippen molar-refractivity contribution in [2.45, 2.75) is 27.2 Å². The van der Waals surface area contributed by atoms with Crippen molar-refractivity contribution in [2.75, 3.05) is 30.3 Å². The van der Waals surface area contributed by atoms with Crippen molar-refractivity contribution in [3.05, 3.63) is 24.3 Å². The molecule has 130 valence electrons. The smallest absolute Gasteiger partial charge is 0.240 e. The van der Waals surface area contributed by atoms with Crippen LogP contribution in [0.25, 0.3) is 0 Å². The first-order valence-electron chi connectivity index (χ1n) is 7.71. The minimum atomic E-state index is -3.57. The Morgan fingerprint density at radius 2 is 2.04 bits per heavy atom. The van der Waals surface area contributed by atoms with Crippen LogP contribution >= 0.6 is 0 Å². The van der Waals surface area contributed by atoms with Crippen molar-refractivity contribution < 1.29 is 17.9 Å². The van der Waals surface area contributed by atoms with Gasteiger partial charge in [0.2, 0.25) is 15.9 Å². The Bertz CT molecular complexity index is 614. The van der Waals surface area contributed by atoms with Crippen molar-refractivity contribution in [3.63, 3.8) is 0 Å². The van der Waals surface area contributed by atoms with Gasteiger partial charge >= 0.3 is 0 Å². The van der Waals surface area contributed by atoms with Gasteiger partial charge in [-0.15, -0.1) is 0 Å². The van der Waals surface area contributed by atoms with E-state index in [9.17, 15) is 13.2 Å². The van der Waals surface area contributed by atoms with Gasteiger partial charge in [-0.05, 0) is 31.4 Å². The number of ether oxygens (including phenoxy) is 1. The van der Waals surface area contributed by atoms with Gasteiger partial charge in [0.15, 0.2) is 0 Å². The van der Waals surface area contributed by atoms with Crippen LogP contribution in [0.5, 0.6) is 5.75 Å². The van der Waals surface area contributed by atoms with Crippen LogP contribution in [0.3, 0.4) is 0 Å². The van der Waals surface area contributed by atoms with Crippen LogP contribution in [-0.4, -0.2) is 40.3 Å². The largest absolute Gasteiger partial charge is 0.494 e. The second kappa shape index (κ2) is 8.76. The van der Waals surface area contributed by atoms with Gasteiger partial charge in [-0.2, -0.15) is 0 Å². The number of nitrogens with zero attached hydrogens (tertiary/aromatic N) is 1. The van der Waals surface area contributed by atoms with Gasteiger partial charge in [0.25, 0.3) is 0 Å². The zero-order valence-electron chi connectivity index (χ0n) is 14.2. The van der Waals surface area contributed by atoms with Gasteiger partial charge < -0.3 is 10.1 Å². The lowest BCUT2D eigenvalue weighted by Gasteiger charge is -2.22. The number of amides is 1. The zero-order valence-corrected chi connectivity index (χ0v) is 15.0. The monoisotopic (exact) mass is 342 g/mol. The quantitative estimate of drug-likeness (QED) is 0.745. The van der Waals surface area contributed by atoms with E-state index in [2.05, 4.69) is 19.2 Å². The third-order valence-electron chi connectivity index (χ3n) is 3.15. The number of hydrogen-bond acceptors (Lipinski definition) is 4. The molecule has 0 radical (unpaired) electrons. The molecule has 0 aliphatic carbocycles. The number of benzene rings is 1. The maximum absolute atomic E-state index is 12.0. The Morgan fingerprint density at radius 3 is 2.61 bits per heavy atom. The molecule has 1 rings (SSSR count). The Kier molecular flexibility index (Phi) is 7.35. The first-order valence-corrected chi connectivity index (χ1v) is 9.56. The van der Waals surface area contributed by atoms with Crippen molar-refractivity contribution in [2.24, 2.45) is 5.92 Å². The minimum absolute atomic E-state index is 0.244. The van der Waals surface area contributed by atoms with Crippen LogP contribution in [0, 0.1) is 5.92 Å². The average Bonchev–Trinajstić information content (AvgIpc) is 2.44. The molecule has 1 N–H and O–H groups in total. The van der Waals surface area contributed by atoms with E-state index in [0.717, 1.165) is 17.0 Å². The predicted octanol–water partition coefficient (Wildman–Crippen LogP) is 2.01. The lowest BCUT2D eigenvalue weighted by Crippen LogP contribution is -2.40. The van der Waals surface area contributed by atoms with Gasteiger partial charge in [-0.1, -0.05) is 19.9 Å². The minimum Gasteiger partial charge on any atom is -0.494 e. The van der Waals surface area contributed by atoms with E-state index in [1.54, 1.807) is 24.3 Å². The highest BCUT2D eigenvalue weighted by Gasteiger charge is 2.21. The molecular weight excluding hydrogens is 316 g/mol. The summed E-state index contributed by atoms with van der Waals surface area (Å²) < 4.78 is 30.5. The second-order valence-corrected chi connectivity index (χ2v) is 7.64. The number of anilines is 1. The van der Waals surface area contributed by atoms with E-state index in [1.165, 1.54) is 0 Å². The zero-order chi connectivity index (χ0) is 17.5. The van der Waals surface area contributed by atoms with Gasteiger partial charge in [0, 0.05) is 12.6 Å². The molecule has 6 nitrogen and oxygen atoms in total. The number of nitrogens with one attached hydrogen (secondary N) is 1. The van der Waals surface area contributed by atoms with E-state index in [0.29, 0.717) is 30.5 Å². The molecule has 0 heterocycles. The summed E-state index contributed by atoms with van der Waals surface area (Å²) in [4.78, 5) is 12.0. The number of carbonyl (C=O) groups is 1. The summed E-state index contributed by atoms with van der Waals surface area (Å²) in [5, 5.41) is 2.75. The van der Waals surface area contributed by atoms with Crippen LogP contribution < -0.4 is 14.4 Å². The van der Waals surface area contributed by atoms with E-state index < -0.39 is 10.0 Å². The Morgan fingerprint density at radius 1 is 1.35 bits per heavy atom. The summed E-state index contributed by atoms with van der Waals surface area (Å²) >= 11 is 0. The van der Waals surface area contributed by atoms with Crippen molar-refractivity contribution >= 4 is 21.6 Å². The number of rotatable bonds is 9. The molecule has 0 unspecified atom stereocenters. The fourth-order valence-electron chi connectivity index (χ4n) is 1.98. The Labute approximate surface area is 138 Å². The lowest BCUT2D eigenvalue weighted by molar-refractivity contribution is -0.119. The number of sulfonamides is 1. The molecule has 1 amide bonds. The normalized spacial score (nSPS) is 11.3. The van der Waals surface area contributed by atoms with E-state index >= 15 is 0 Å². The third kappa shape index (κ3) is 6.90. The van der Waals surface area contributed by atoms with Crippen LogP contribution in [0.1, 0.15) is 27.2 Å². The second-order valence-electron chi connectivity index (χ2n) is 5.73. The predicted molar refractivity (Wildman–Crippen MR) is 92.3 cm³/mol. The molecular formula is C16H26N2O4S. The Balaban J connectivity index is 2.85. The topological polar surface area (TPSA) is 75.7 Å². The summed E-state index contributed by atoms with van der Waals surface area (Å²) in [6.07, 6.45) is 1.94. The van der Waals surface area contributed by atoms with Crippen molar-refractivity contribution in [1.29, 1.82) is 0 Å². The molecule has 0 aliphatic heterocycles. The van der Waals surface area contributed by atoms with E-state index in [1.807, 2.05) is 6.92 Å². The molecule has 1 aromatic rings. The van der Waals surface area contributed by atoms with Gasteiger partial charge in [0.05, 0.1) is 18.6 Å². The van der Waals surface area contributed by atoms with Gasteiger partial charge in [-0.3, -0.25) is 9.10 Å². The van der Waals surface area contributed by atoms with Crippen molar-refractivity contribution in [1.82, 2.24) is 5.32 Å². The standard InChI is InChI=1S/C16H26N2O4S/c1-5-22-15-8-6-7-14(11-15)18(23(4,20)21)12-16(19)17-10-9-13(2)3/h6-8,11,13H,5,9-10,12H2,1-4H3,(H,17,19). The lowest BCUT2D eigenvalue weighted by atomic mass is 10.1. The average molecular weight is 342 g/mol. The molecule has 0 atom stereocenters. The summed E-state index contributed by atoms with van der Waals surface area (Å²) in [7, 11) is -3.57. The van der Waals surface area contributed by atoms with Gasteiger partial charge in [0.1, 0.15) is 12.3 Å². The number of hydrogen-bond donors (Lipinski definition) is 1. The fourth-order valence-corrected chi connectivity index (χ4v) is 2.83. The summed E-state index contributed by atoms with van der Waals surface area (Å²) in [6.45, 7) is 6.75. The highest BCUT2D eigenvalue weighted by atomic mass is 32.2. The highest BCUT2D eigenvalue weighted by Crippen LogP contribution is 2.23. The first-order chi connectivity index (χ1) is 10.7. The molecule has 0 fully saturated rings. The molecule has 0 spiro atoms. The molecule has 0 bridgehead atoms. The van der Waals surface area contributed by atoms with Crippen LogP contribution in [0.2, 0.25) is 0 Å². The highest BCUT2D eigenvalue weighted by molar-refractivity contribution is 7.92. The van der Waals surface area contributed by atoms with Crippen LogP contribution in [0.15, 0.2) is 24.3 Å². The maximum Gasteiger partial charge on any atom is 0.240 e. The molecule has 23 heavy (non-hydrogen) atoms. The summed E-state index contributed by atoms with van der Waals surface area (Å²) in [6, 6.07) is 6.71. The first kappa shape index (κ1) is 19.3. The Hall–Kier alpha value is -1.76. The molecule has 0 saturated carbocycles. The molecule has 7 heteroatoms. The summed E-state index contributed by atoms with van der Waals surface area (Å²) in [5.74, 6) is 0.723. The van der Waals surface area contributed by atoms with E-state index in [4.69, 9.17) is 4.74 Å².